The van der Waals surface area contributed by atoms with Gasteiger partial charge in [-0.25, -0.2) is 0 Å². The molecule has 0 N–H and O–H groups in total. The van der Waals surface area contributed by atoms with Gasteiger partial charge in [0.15, 0.2) is 0 Å². The maximum Gasteiger partial charge on any atom is 0.273 e. The van der Waals surface area contributed by atoms with Gasteiger partial charge in [0.05, 0.1) is 23.8 Å². The summed E-state index contributed by atoms with van der Waals surface area (Å²) in [7, 11) is 1.51. The van der Waals surface area contributed by atoms with Crippen LogP contribution in [0.5, 0.6) is 5.75 Å². The van der Waals surface area contributed by atoms with E-state index in [1.807, 2.05) is 35.2 Å². The summed E-state index contributed by atoms with van der Waals surface area (Å²) >= 11 is 2.94. The van der Waals surface area contributed by atoms with E-state index >= 15 is 0 Å². The number of benzene rings is 1. The number of alkyl halides is 1. The minimum atomic E-state index is -0.432. The zero-order valence-corrected chi connectivity index (χ0v) is 12.3. The van der Waals surface area contributed by atoms with E-state index in [1.165, 1.54) is 19.2 Å². The first-order valence-electron chi connectivity index (χ1n) is 5.52. The summed E-state index contributed by atoms with van der Waals surface area (Å²) in [4.78, 5) is 12.2. The zero-order chi connectivity index (χ0) is 14.3. The first-order valence-corrected chi connectivity index (χ1v) is 7.11. The Morgan fingerprint density at radius 1 is 1.37 bits per heavy atom. The van der Waals surface area contributed by atoms with E-state index < -0.39 is 4.92 Å². The Morgan fingerprint density at radius 3 is 2.63 bits per heavy atom. The summed E-state index contributed by atoms with van der Waals surface area (Å²) in [5.41, 5.74) is 0.848. The fraction of sp³-hybridized carbons (Fsp3) is 0.231. The Hall–Kier alpha value is -1.82. The van der Waals surface area contributed by atoms with E-state index in [9.17, 15) is 10.1 Å². The number of rotatable bonds is 3. The molecule has 0 radical (unpaired) electrons. The van der Waals surface area contributed by atoms with Crippen molar-refractivity contribution in [3.63, 3.8) is 0 Å². The van der Waals surface area contributed by atoms with Gasteiger partial charge in [0.1, 0.15) is 5.75 Å². The van der Waals surface area contributed by atoms with Gasteiger partial charge < -0.3 is 9.64 Å². The van der Waals surface area contributed by atoms with Crippen molar-refractivity contribution in [1.82, 2.24) is 0 Å². The molecule has 5 nitrogen and oxygen atoms in total. The minimum Gasteiger partial charge on any atom is -0.494 e. The number of nitro groups is 1. The first-order chi connectivity index (χ1) is 9.22. The van der Waals surface area contributed by atoms with Crippen molar-refractivity contribution in [2.75, 3.05) is 24.4 Å². The topological polar surface area (TPSA) is 55.6 Å². The van der Waals surface area contributed by atoms with Crippen LogP contribution in [0.15, 0.2) is 42.6 Å². The fourth-order valence-corrected chi connectivity index (χ4v) is 1.66. The molecule has 0 fully saturated rings. The van der Waals surface area contributed by atoms with E-state index in [2.05, 4.69) is 15.9 Å². The number of nitro benzene ring substituents is 1. The fourth-order valence-electron chi connectivity index (χ4n) is 1.66. The highest BCUT2D eigenvalue weighted by Gasteiger charge is 2.14. The number of hydrogen-bond acceptors (Lipinski definition) is 4. The van der Waals surface area contributed by atoms with Crippen LogP contribution in [-0.4, -0.2) is 24.4 Å². The zero-order valence-electron chi connectivity index (χ0n) is 10.7. The molecule has 1 aromatic rings. The minimum absolute atomic E-state index is 0.0298. The van der Waals surface area contributed by atoms with Gasteiger partial charge in [-0.1, -0.05) is 28.1 Å². The van der Waals surface area contributed by atoms with Crippen LogP contribution in [0.1, 0.15) is 0 Å². The van der Waals surface area contributed by atoms with Gasteiger partial charge in [-0.2, -0.15) is 0 Å². The van der Waals surface area contributed by atoms with Gasteiger partial charge in [-0.15, -0.1) is 0 Å². The summed E-state index contributed by atoms with van der Waals surface area (Å²) in [5.74, 6) is 2.31. The van der Waals surface area contributed by atoms with Crippen molar-refractivity contribution >= 4 is 27.3 Å². The van der Waals surface area contributed by atoms with E-state index in [0.29, 0.717) is 5.75 Å². The van der Waals surface area contributed by atoms with Crippen LogP contribution in [0.2, 0.25) is 0 Å². The van der Waals surface area contributed by atoms with Gasteiger partial charge in [0.2, 0.25) is 0 Å². The number of ether oxygens (including phenoxy) is 1. The van der Waals surface area contributed by atoms with Crippen molar-refractivity contribution in [3.8, 4) is 5.75 Å². The number of anilines is 1. The third-order valence-electron chi connectivity index (χ3n) is 2.50. The molecule has 1 heterocycles. The quantitative estimate of drug-likeness (QED) is 0.484. The third kappa shape index (κ3) is 3.82. The summed E-state index contributed by atoms with van der Waals surface area (Å²) < 4.78 is 5.19. The van der Waals surface area contributed by atoms with Gasteiger partial charge in [0, 0.05) is 18.8 Å². The number of allylic oxidation sites excluding steroid dienone is 2. The predicted octanol–water partition coefficient (Wildman–Crippen LogP) is 3.50. The summed E-state index contributed by atoms with van der Waals surface area (Å²) in [6.07, 6.45) is 7.77. The molecule has 2 rings (SSSR count). The molecule has 0 atom stereocenters. The molecular weight excluding hydrogens is 312 g/mol. The monoisotopic (exact) mass is 326 g/mol. The molecule has 6 heteroatoms. The molecule has 0 aromatic heterocycles. The summed E-state index contributed by atoms with van der Waals surface area (Å²) in [5, 5.41) is 10.7. The maximum atomic E-state index is 10.7. The van der Waals surface area contributed by atoms with Crippen molar-refractivity contribution in [1.29, 1.82) is 0 Å². The Morgan fingerprint density at radius 2 is 2.11 bits per heavy atom. The molecule has 0 saturated heterocycles. The number of halogens is 1. The van der Waals surface area contributed by atoms with E-state index in [4.69, 9.17) is 4.74 Å². The Balaban J connectivity index is 0.000000861. The molecule has 0 unspecified atom stereocenters. The molecule has 1 aliphatic heterocycles. The second kappa shape index (κ2) is 7.58. The number of nitrogens with zero attached hydrogens (tertiary/aromatic N) is 2. The highest BCUT2D eigenvalue weighted by atomic mass is 79.9. The Bertz CT molecular complexity index is 501. The lowest BCUT2D eigenvalue weighted by molar-refractivity contribution is -0.384. The van der Waals surface area contributed by atoms with Crippen LogP contribution in [-0.2, 0) is 0 Å². The van der Waals surface area contributed by atoms with Crippen LogP contribution in [0.4, 0.5) is 11.4 Å². The van der Waals surface area contributed by atoms with Crippen molar-refractivity contribution in [2.24, 2.45) is 0 Å². The molecule has 0 saturated carbocycles. The molecule has 0 bridgehead atoms. The van der Waals surface area contributed by atoms with Gasteiger partial charge in [-0.05, 0) is 18.0 Å². The van der Waals surface area contributed by atoms with E-state index in [-0.39, 0.29) is 5.69 Å². The van der Waals surface area contributed by atoms with Gasteiger partial charge >= 0.3 is 0 Å². The Kier molecular flexibility index (Phi) is 6.08. The van der Waals surface area contributed by atoms with E-state index in [0.717, 1.165) is 12.2 Å². The maximum absolute atomic E-state index is 10.7. The van der Waals surface area contributed by atoms with Crippen LogP contribution >= 0.6 is 15.9 Å². The summed E-state index contributed by atoms with van der Waals surface area (Å²) in [6.45, 7) is 0.727. The van der Waals surface area contributed by atoms with Gasteiger partial charge in [0.25, 0.3) is 5.69 Å². The normalized spacial score (nSPS) is 12.7. The SMILES string of the molecule is CBr.COc1cc([N+](=O)[O-])ccc1N1C=CC=CC1. The number of methoxy groups -OCH3 is 1. The Labute approximate surface area is 120 Å². The lowest BCUT2D eigenvalue weighted by atomic mass is 10.2. The smallest absolute Gasteiger partial charge is 0.273 e. The average Bonchev–Trinajstić information content (AvgIpc) is 2.49. The highest BCUT2D eigenvalue weighted by Crippen LogP contribution is 2.32. The molecule has 102 valence electrons. The van der Waals surface area contributed by atoms with Crippen molar-refractivity contribution in [2.45, 2.75) is 0 Å². The van der Waals surface area contributed by atoms with Crippen molar-refractivity contribution in [3.05, 3.63) is 52.7 Å². The molecular formula is C13H15BrN2O3. The first kappa shape index (κ1) is 15.2. The highest BCUT2D eigenvalue weighted by molar-refractivity contribution is 9.08. The molecule has 0 spiro atoms. The lowest BCUT2D eigenvalue weighted by Gasteiger charge is -2.22. The number of non-ortho nitro benzene ring substituents is 1. The van der Waals surface area contributed by atoms with Crippen LogP contribution < -0.4 is 9.64 Å². The van der Waals surface area contributed by atoms with Crippen LogP contribution in [0.3, 0.4) is 0 Å². The molecule has 1 aromatic carbocycles. The van der Waals surface area contributed by atoms with Gasteiger partial charge in [-0.3, -0.25) is 10.1 Å². The lowest BCUT2D eigenvalue weighted by Crippen LogP contribution is -2.18. The second-order valence-electron chi connectivity index (χ2n) is 3.54. The molecule has 19 heavy (non-hydrogen) atoms. The van der Waals surface area contributed by atoms with Crippen molar-refractivity contribution < 1.29 is 9.66 Å². The average molecular weight is 327 g/mol. The van der Waals surface area contributed by atoms with Crippen LogP contribution in [0, 0.1) is 10.1 Å². The standard InChI is InChI=1S/C12H12N2O3.CH3Br/c1-17-12-9-10(14(15)16)5-6-11(12)13-7-3-2-4-8-13;1-2/h2-7,9H,8H2,1H3;1H3. The molecule has 0 amide bonds. The summed E-state index contributed by atoms with van der Waals surface area (Å²) in [6, 6.07) is 4.60. The predicted molar refractivity (Wildman–Crippen MR) is 80.1 cm³/mol. The number of hydrogen-bond donors (Lipinski definition) is 0. The van der Waals surface area contributed by atoms with E-state index in [1.54, 1.807) is 6.07 Å². The molecule has 1 aliphatic rings. The molecule has 0 aliphatic carbocycles. The van der Waals surface area contributed by atoms with Crippen LogP contribution in [0.25, 0.3) is 0 Å². The largest absolute Gasteiger partial charge is 0.494 e. The second-order valence-corrected chi connectivity index (χ2v) is 3.54. The third-order valence-corrected chi connectivity index (χ3v) is 2.50.